The molecule has 1 aromatic carbocycles. The van der Waals surface area contributed by atoms with E-state index in [0.29, 0.717) is 6.61 Å². The van der Waals surface area contributed by atoms with Gasteiger partial charge in [0, 0.05) is 11.5 Å². The maximum absolute atomic E-state index is 11.9. The van der Waals surface area contributed by atoms with Gasteiger partial charge in [0.1, 0.15) is 0 Å². The third-order valence-corrected chi connectivity index (χ3v) is 1.44. The summed E-state index contributed by atoms with van der Waals surface area (Å²) in [5.41, 5.74) is 0. The van der Waals surface area contributed by atoms with Gasteiger partial charge in [0.25, 0.3) is 0 Å². The Kier molecular flexibility index (Phi) is 8.61. The molecule has 0 amide bonds. The molecule has 92 valence electrons. The summed E-state index contributed by atoms with van der Waals surface area (Å²) in [5, 5.41) is 0. The van der Waals surface area contributed by atoms with E-state index in [9.17, 15) is 13.2 Å². The van der Waals surface area contributed by atoms with Crippen LogP contribution in [0.3, 0.4) is 0 Å². The van der Waals surface area contributed by atoms with Crippen molar-refractivity contribution in [3.05, 3.63) is 24.3 Å². The van der Waals surface area contributed by atoms with Crippen molar-refractivity contribution < 1.29 is 39.0 Å². The van der Waals surface area contributed by atoms with E-state index in [2.05, 4.69) is 24.4 Å². The summed E-state index contributed by atoms with van der Waals surface area (Å²) in [6, 6.07) is 6.31. The van der Waals surface area contributed by atoms with Crippen LogP contribution < -0.4 is 9.47 Å². The zero-order valence-electron chi connectivity index (χ0n) is 9.18. The minimum atomic E-state index is -4.68. The topological polar surface area (TPSA) is 18.5 Å². The fourth-order valence-electron chi connectivity index (χ4n) is 0.917. The van der Waals surface area contributed by atoms with Crippen molar-refractivity contribution in [2.75, 3.05) is 6.61 Å². The van der Waals surface area contributed by atoms with Gasteiger partial charge >= 0.3 is 36.3 Å². The molecule has 7 heteroatoms. The Bertz CT molecular complexity index is 321. The molecule has 2 nitrogen and oxygen atoms in total. The number of alkyl halides is 3. The average molecular weight is 364 g/mol. The van der Waals surface area contributed by atoms with E-state index in [4.69, 9.17) is 4.74 Å². The summed E-state index contributed by atoms with van der Waals surface area (Å²) in [7, 11) is 0. The number of ether oxygens (including phenoxy) is 2. The molecular weight excluding hydrogens is 354 g/mol. The van der Waals surface area contributed by atoms with Crippen LogP contribution >= 0.6 is 13.6 Å². The number of halogens is 4. The van der Waals surface area contributed by atoms with Crippen LogP contribution in [0.25, 0.3) is 0 Å². The van der Waals surface area contributed by atoms with Crippen molar-refractivity contribution in [1.29, 1.82) is 0 Å². The second-order valence-electron chi connectivity index (χ2n) is 2.78. The van der Waals surface area contributed by atoms with Crippen molar-refractivity contribution in [3.8, 4) is 11.5 Å². The molecule has 0 radical (unpaired) electrons. The van der Waals surface area contributed by atoms with Crippen LogP contribution in [0.5, 0.6) is 11.5 Å². The van der Waals surface area contributed by atoms with Gasteiger partial charge in [-0.05, 0) is 6.42 Å². The van der Waals surface area contributed by atoms with Crippen LogP contribution in [0.2, 0.25) is 0 Å². The molecular formula is C10H10BrF3O2Zn. The number of benzene rings is 1. The summed E-state index contributed by atoms with van der Waals surface area (Å²) in [6.45, 7) is 2.34. The summed E-state index contributed by atoms with van der Waals surface area (Å²) in [4.78, 5) is 0. The Balaban J connectivity index is 0.00000121. The molecule has 0 saturated heterocycles. The van der Waals surface area contributed by atoms with Crippen molar-refractivity contribution in [3.63, 3.8) is 0 Å². The van der Waals surface area contributed by atoms with Gasteiger partial charge in [-0.3, -0.25) is 0 Å². The van der Waals surface area contributed by atoms with E-state index in [1.165, 1.54) is 28.5 Å². The average Bonchev–Trinajstić information content (AvgIpc) is 2.27. The van der Waals surface area contributed by atoms with Gasteiger partial charge in [-0.25, -0.2) is 0 Å². The van der Waals surface area contributed by atoms with Crippen molar-refractivity contribution >= 4 is 13.6 Å². The second-order valence-corrected chi connectivity index (χ2v) is 2.78. The predicted molar refractivity (Wildman–Crippen MR) is 56.7 cm³/mol. The Morgan fingerprint density at radius 3 is 2.59 bits per heavy atom. The summed E-state index contributed by atoms with van der Waals surface area (Å²) >= 11 is 4.25. The van der Waals surface area contributed by atoms with Gasteiger partial charge in [0.05, 0.1) is 6.61 Å². The molecule has 0 unspecified atom stereocenters. The van der Waals surface area contributed by atoms with Crippen LogP contribution in [-0.4, -0.2) is 13.0 Å². The molecule has 0 saturated carbocycles. The van der Waals surface area contributed by atoms with E-state index in [-0.39, 0.29) is 11.5 Å². The van der Waals surface area contributed by atoms with E-state index in [1.54, 1.807) is 0 Å². The fourth-order valence-corrected chi connectivity index (χ4v) is 0.917. The summed E-state index contributed by atoms with van der Waals surface area (Å²) < 4.78 is 44.4. The molecule has 0 aromatic heterocycles. The monoisotopic (exact) mass is 362 g/mol. The van der Waals surface area contributed by atoms with Crippen molar-refractivity contribution in [1.82, 2.24) is 0 Å². The van der Waals surface area contributed by atoms with E-state index in [0.717, 1.165) is 12.5 Å². The Labute approximate surface area is 115 Å². The molecule has 1 aromatic rings. The fraction of sp³-hybridized carbons (Fsp3) is 0.400. The van der Waals surface area contributed by atoms with Gasteiger partial charge in [-0.1, -0.05) is 13.0 Å². The predicted octanol–water partition coefficient (Wildman–Crippen LogP) is 4.02. The van der Waals surface area contributed by atoms with Gasteiger partial charge in [0.15, 0.2) is 0 Å². The van der Waals surface area contributed by atoms with Crippen molar-refractivity contribution in [2.45, 2.75) is 19.7 Å². The molecule has 0 aliphatic rings. The number of rotatable bonds is 4. The van der Waals surface area contributed by atoms with E-state index < -0.39 is 6.36 Å². The zero-order valence-corrected chi connectivity index (χ0v) is 13.7. The van der Waals surface area contributed by atoms with Gasteiger partial charge < -0.3 is 9.47 Å². The zero-order chi connectivity index (χ0) is 13.3. The Morgan fingerprint density at radius 1 is 1.41 bits per heavy atom. The first-order chi connectivity index (χ1) is 8.01. The van der Waals surface area contributed by atoms with Gasteiger partial charge in [-0.2, -0.15) is 6.07 Å². The van der Waals surface area contributed by atoms with Crippen molar-refractivity contribution in [2.24, 2.45) is 0 Å². The molecule has 0 bridgehead atoms. The standard InChI is InChI=1S/C10H10F3O2.BrH.Zn/c1-2-6-14-8-4-3-5-9(7-8)15-10(11,12)13;;/h3,5,7H,2,6H2,1H3;1H;/q-1;;+2/p-1. The molecule has 17 heavy (non-hydrogen) atoms. The minimum absolute atomic E-state index is 0.249. The van der Waals surface area contributed by atoms with Gasteiger partial charge in [-0.15, -0.1) is 25.3 Å². The molecule has 1 rings (SSSR count). The third kappa shape index (κ3) is 8.44. The number of hydrogen-bond acceptors (Lipinski definition) is 2. The summed E-state index contributed by atoms with van der Waals surface area (Å²) in [6.07, 6.45) is -3.90. The van der Waals surface area contributed by atoms with E-state index in [1.807, 2.05) is 6.92 Å². The molecule has 0 spiro atoms. The second kappa shape index (κ2) is 8.75. The Hall–Kier alpha value is -0.287. The molecule has 0 N–H and O–H groups in total. The SMILES string of the molecule is CCCOc1[c-]ccc(OC(F)(F)F)c1.[Zn+][Br]. The van der Waals surface area contributed by atoms with Crippen LogP contribution in [0, 0.1) is 6.07 Å². The maximum atomic E-state index is 11.9. The quantitative estimate of drug-likeness (QED) is 0.593. The van der Waals surface area contributed by atoms with Crippen LogP contribution in [0.4, 0.5) is 13.2 Å². The normalized spacial score (nSPS) is 10.3. The third-order valence-electron chi connectivity index (χ3n) is 1.44. The number of hydrogen-bond donors (Lipinski definition) is 0. The Morgan fingerprint density at radius 2 is 2.06 bits per heavy atom. The molecule has 0 fully saturated rings. The first-order valence-electron chi connectivity index (χ1n) is 4.68. The van der Waals surface area contributed by atoms with E-state index >= 15 is 0 Å². The molecule has 0 atom stereocenters. The molecule has 0 aliphatic carbocycles. The first kappa shape index (κ1) is 16.7. The van der Waals surface area contributed by atoms with Crippen LogP contribution in [0.15, 0.2) is 18.2 Å². The van der Waals surface area contributed by atoms with Gasteiger partial charge in [0.2, 0.25) is 0 Å². The first-order valence-corrected chi connectivity index (χ1v) is 11.6. The molecule has 0 heterocycles. The van der Waals surface area contributed by atoms with Crippen LogP contribution in [-0.2, 0) is 16.3 Å². The summed E-state index contributed by atoms with van der Waals surface area (Å²) in [5.74, 6) is -0.0500. The molecule has 0 aliphatic heterocycles. The van der Waals surface area contributed by atoms with Crippen LogP contribution in [0.1, 0.15) is 13.3 Å².